The minimum Gasteiger partial charge on any atom is -0.377 e. The monoisotopic (exact) mass is 267 g/mol. The van der Waals surface area contributed by atoms with Gasteiger partial charge in [0.2, 0.25) is 0 Å². The van der Waals surface area contributed by atoms with Gasteiger partial charge in [0.05, 0.1) is 6.10 Å². The van der Waals surface area contributed by atoms with Crippen LogP contribution in [0.1, 0.15) is 65.7 Å². The summed E-state index contributed by atoms with van der Waals surface area (Å²) in [6.07, 6.45) is 9.99. The molecule has 19 heavy (non-hydrogen) atoms. The maximum absolute atomic E-state index is 6.14. The first-order valence-corrected chi connectivity index (χ1v) is 8.50. The molecule has 0 spiro atoms. The van der Waals surface area contributed by atoms with Gasteiger partial charge in [0.1, 0.15) is 0 Å². The molecule has 2 nitrogen and oxygen atoms in total. The summed E-state index contributed by atoms with van der Waals surface area (Å²) < 4.78 is 6.14. The van der Waals surface area contributed by atoms with E-state index in [2.05, 4.69) is 26.1 Å². The zero-order valence-corrected chi connectivity index (χ0v) is 13.2. The summed E-state index contributed by atoms with van der Waals surface area (Å²) in [6, 6.07) is 0. The third-order valence-corrected chi connectivity index (χ3v) is 4.91. The minimum atomic E-state index is 0.450. The van der Waals surface area contributed by atoms with E-state index in [1.165, 1.54) is 51.5 Å². The molecule has 1 heterocycles. The van der Waals surface area contributed by atoms with Crippen molar-refractivity contribution in [2.45, 2.75) is 71.8 Å². The molecule has 1 N–H and O–H groups in total. The SMILES string of the molecule is CCCNCC1(CCCC(C)C)CCOC1C1CC1. The van der Waals surface area contributed by atoms with Crippen molar-refractivity contribution in [3.05, 3.63) is 0 Å². The highest BCUT2D eigenvalue weighted by atomic mass is 16.5. The molecule has 112 valence electrons. The van der Waals surface area contributed by atoms with E-state index >= 15 is 0 Å². The van der Waals surface area contributed by atoms with Gasteiger partial charge in [-0.1, -0.05) is 33.6 Å². The van der Waals surface area contributed by atoms with E-state index in [-0.39, 0.29) is 0 Å². The predicted molar refractivity (Wildman–Crippen MR) is 81.4 cm³/mol. The van der Waals surface area contributed by atoms with E-state index in [0.29, 0.717) is 11.5 Å². The highest BCUT2D eigenvalue weighted by molar-refractivity contribution is 5.00. The number of ether oxygens (including phenoxy) is 1. The van der Waals surface area contributed by atoms with E-state index in [1.54, 1.807) is 0 Å². The lowest BCUT2D eigenvalue weighted by atomic mass is 9.74. The average Bonchev–Trinajstić information content (AvgIpc) is 3.12. The van der Waals surface area contributed by atoms with Crippen LogP contribution >= 0.6 is 0 Å². The first-order valence-electron chi connectivity index (χ1n) is 8.50. The summed E-state index contributed by atoms with van der Waals surface area (Å²) in [5.74, 6) is 1.72. The average molecular weight is 267 g/mol. The van der Waals surface area contributed by atoms with Crippen molar-refractivity contribution in [2.24, 2.45) is 17.3 Å². The Kier molecular flexibility index (Phi) is 5.70. The lowest BCUT2D eigenvalue weighted by molar-refractivity contribution is 0.0250. The Bertz CT molecular complexity index is 262. The van der Waals surface area contributed by atoms with Crippen LogP contribution < -0.4 is 5.32 Å². The minimum absolute atomic E-state index is 0.450. The van der Waals surface area contributed by atoms with E-state index in [0.717, 1.165) is 25.0 Å². The van der Waals surface area contributed by atoms with Gasteiger partial charge in [0, 0.05) is 18.6 Å². The first-order chi connectivity index (χ1) is 9.18. The zero-order valence-electron chi connectivity index (χ0n) is 13.2. The molecule has 1 saturated carbocycles. The van der Waals surface area contributed by atoms with Crippen molar-refractivity contribution >= 4 is 0 Å². The highest BCUT2D eigenvalue weighted by Crippen LogP contribution is 2.50. The molecule has 0 aromatic carbocycles. The van der Waals surface area contributed by atoms with Crippen LogP contribution in [-0.2, 0) is 4.74 Å². The summed E-state index contributed by atoms with van der Waals surface area (Å²) >= 11 is 0. The summed E-state index contributed by atoms with van der Waals surface area (Å²) in [4.78, 5) is 0. The summed E-state index contributed by atoms with van der Waals surface area (Å²) in [6.45, 7) is 10.3. The van der Waals surface area contributed by atoms with Gasteiger partial charge in [-0.3, -0.25) is 0 Å². The van der Waals surface area contributed by atoms with Crippen LogP contribution in [0.15, 0.2) is 0 Å². The Hall–Kier alpha value is -0.0800. The second kappa shape index (κ2) is 7.08. The van der Waals surface area contributed by atoms with Crippen molar-refractivity contribution in [2.75, 3.05) is 19.7 Å². The van der Waals surface area contributed by atoms with Gasteiger partial charge in [0.15, 0.2) is 0 Å². The van der Waals surface area contributed by atoms with Gasteiger partial charge in [-0.2, -0.15) is 0 Å². The number of hydrogen-bond acceptors (Lipinski definition) is 2. The van der Waals surface area contributed by atoms with Gasteiger partial charge in [-0.15, -0.1) is 0 Å². The fourth-order valence-corrected chi connectivity index (χ4v) is 3.66. The predicted octanol–water partition coefficient (Wildman–Crippen LogP) is 4.00. The van der Waals surface area contributed by atoms with Crippen LogP contribution in [0.5, 0.6) is 0 Å². The molecule has 1 aliphatic carbocycles. The fourth-order valence-electron chi connectivity index (χ4n) is 3.66. The molecular formula is C17H33NO. The molecule has 2 heteroatoms. The lowest BCUT2D eigenvalue weighted by Crippen LogP contribution is -2.42. The molecule has 0 amide bonds. The van der Waals surface area contributed by atoms with Crippen molar-refractivity contribution in [1.29, 1.82) is 0 Å². The van der Waals surface area contributed by atoms with E-state index < -0.39 is 0 Å². The van der Waals surface area contributed by atoms with E-state index in [1.807, 2.05) is 0 Å². The van der Waals surface area contributed by atoms with Gasteiger partial charge in [-0.05, 0) is 50.5 Å². The van der Waals surface area contributed by atoms with Gasteiger partial charge >= 0.3 is 0 Å². The molecule has 2 rings (SSSR count). The molecule has 1 aliphatic heterocycles. The molecule has 2 atom stereocenters. The first kappa shape index (κ1) is 15.3. The molecule has 2 aliphatic rings. The number of hydrogen-bond donors (Lipinski definition) is 1. The third kappa shape index (κ3) is 4.19. The van der Waals surface area contributed by atoms with Crippen molar-refractivity contribution < 1.29 is 4.74 Å². The molecular weight excluding hydrogens is 234 g/mol. The van der Waals surface area contributed by atoms with Crippen LogP contribution in [0.4, 0.5) is 0 Å². The van der Waals surface area contributed by atoms with Crippen molar-refractivity contribution in [3.63, 3.8) is 0 Å². The summed E-state index contributed by atoms with van der Waals surface area (Å²) in [7, 11) is 0. The van der Waals surface area contributed by atoms with E-state index in [4.69, 9.17) is 4.74 Å². The fraction of sp³-hybridized carbons (Fsp3) is 1.00. The highest BCUT2D eigenvalue weighted by Gasteiger charge is 2.50. The molecule has 0 aromatic rings. The maximum atomic E-state index is 6.14. The third-order valence-electron chi connectivity index (χ3n) is 4.91. The molecule has 2 unspecified atom stereocenters. The Morgan fingerprint density at radius 2 is 2.11 bits per heavy atom. The van der Waals surface area contributed by atoms with E-state index in [9.17, 15) is 0 Å². The molecule has 0 radical (unpaired) electrons. The molecule has 0 bridgehead atoms. The topological polar surface area (TPSA) is 21.3 Å². The zero-order chi connectivity index (χ0) is 13.7. The van der Waals surface area contributed by atoms with Gasteiger partial charge in [0.25, 0.3) is 0 Å². The summed E-state index contributed by atoms with van der Waals surface area (Å²) in [5.41, 5.74) is 0.450. The smallest absolute Gasteiger partial charge is 0.0672 e. The Morgan fingerprint density at radius 1 is 1.32 bits per heavy atom. The molecule has 2 fully saturated rings. The van der Waals surface area contributed by atoms with Crippen LogP contribution in [0.25, 0.3) is 0 Å². The summed E-state index contributed by atoms with van der Waals surface area (Å²) in [5, 5.41) is 3.69. The number of nitrogens with one attached hydrogen (secondary N) is 1. The van der Waals surface area contributed by atoms with Crippen LogP contribution in [-0.4, -0.2) is 25.8 Å². The second-order valence-corrected chi connectivity index (χ2v) is 7.20. The largest absolute Gasteiger partial charge is 0.377 e. The number of rotatable bonds is 9. The Balaban J connectivity index is 1.90. The van der Waals surface area contributed by atoms with Crippen molar-refractivity contribution in [3.8, 4) is 0 Å². The lowest BCUT2D eigenvalue weighted by Gasteiger charge is -2.35. The standard InChI is InChI=1S/C17H33NO/c1-4-11-18-13-17(9-5-6-14(2)3)10-12-19-16(17)15-7-8-15/h14-16,18H,4-13H2,1-3H3. The Morgan fingerprint density at radius 3 is 2.74 bits per heavy atom. The van der Waals surface area contributed by atoms with Crippen LogP contribution in [0.3, 0.4) is 0 Å². The molecule has 1 saturated heterocycles. The normalized spacial score (nSPS) is 31.3. The van der Waals surface area contributed by atoms with Crippen LogP contribution in [0, 0.1) is 17.3 Å². The maximum Gasteiger partial charge on any atom is 0.0672 e. The molecule has 0 aromatic heterocycles. The van der Waals surface area contributed by atoms with Gasteiger partial charge < -0.3 is 10.1 Å². The van der Waals surface area contributed by atoms with Crippen LogP contribution in [0.2, 0.25) is 0 Å². The van der Waals surface area contributed by atoms with Gasteiger partial charge in [-0.25, -0.2) is 0 Å². The van der Waals surface area contributed by atoms with Crippen molar-refractivity contribution in [1.82, 2.24) is 5.32 Å². The quantitative estimate of drug-likeness (QED) is 0.638. The second-order valence-electron chi connectivity index (χ2n) is 7.20. The Labute approximate surface area is 119 Å².